The second-order valence-electron chi connectivity index (χ2n) is 3.89. The van der Waals surface area contributed by atoms with Crippen molar-refractivity contribution in [2.75, 3.05) is 19.8 Å². The Kier molecular flexibility index (Phi) is 3.60. The molecule has 3 nitrogen and oxygen atoms in total. The predicted octanol–water partition coefficient (Wildman–Crippen LogP) is 1.53. The summed E-state index contributed by atoms with van der Waals surface area (Å²) in [5.41, 5.74) is 1.23. The number of aromatic nitrogens is 1. The van der Waals surface area contributed by atoms with E-state index in [0.29, 0.717) is 0 Å². The molecular weight excluding hydrogens is 176 g/mol. The van der Waals surface area contributed by atoms with Gasteiger partial charge < -0.3 is 15.0 Å². The monoisotopic (exact) mass is 194 g/mol. The second-order valence-corrected chi connectivity index (χ2v) is 3.89. The van der Waals surface area contributed by atoms with Gasteiger partial charge in [0.25, 0.3) is 0 Å². The molecule has 0 spiro atoms. The number of nitrogens with one attached hydrogen (secondary N) is 2. The van der Waals surface area contributed by atoms with Crippen molar-refractivity contribution in [3.05, 3.63) is 24.0 Å². The molecule has 3 heteroatoms. The van der Waals surface area contributed by atoms with E-state index in [-0.39, 0.29) is 0 Å². The van der Waals surface area contributed by atoms with Gasteiger partial charge >= 0.3 is 0 Å². The molecule has 1 aliphatic carbocycles. The molecule has 1 aliphatic rings. The zero-order chi connectivity index (χ0) is 9.64. The molecule has 0 unspecified atom stereocenters. The lowest BCUT2D eigenvalue weighted by Gasteiger charge is -2.04. The fraction of sp³-hybridized carbons (Fsp3) is 0.636. The fourth-order valence-corrected chi connectivity index (χ4v) is 1.38. The largest absolute Gasteiger partial charge is 0.380 e. The van der Waals surface area contributed by atoms with Crippen molar-refractivity contribution >= 4 is 0 Å². The lowest BCUT2D eigenvalue weighted by molar-refractivity contribution is 0.126. The maximum atomic E-state index is 5.50. The topological polar surface area (TPSA) is 37.0 Å². The first kappa shape index (κ1) is 9.74. The molecule has 0 aromatic carbocycles. The van der Waals surface area contributed by atoms with Gasteiger partial charge in [0, 0.05) is 31.6 Å². The van der Waals surface area contributed by atoms with Crippen LogP contribution in [0.4, 0.5) is 0 Å². The molecule has 0 saturated heterocycles. The van der Waals surface area contributed by atoms with Gasteiger partial charge in [0.15, 0.2) is 0 Å². The summed E-state index contributed by atoms with van der Waals surface area (Å²) in [4.78, 5) is 3.15. The minimum atomic E-state index is 0.831. The Balaban J connectivity index is 1.43. The van der Waals surface area contributed by atoms with Crippen LogP contribution in [0.3, 0.4) is 0 Å². The molecule has 1 heterocycles. The van der Waals surface area contributed by atoms with E-state index in [2.05, 4.69) is 16.4 Å². The third kappa shape index (κ3) is 3.52. The van der Waals surface area contributed by atoms with E-state index in [1.807, 2.05) is 12.3 Å². The summed E-state index contributed by atoms with van der Waals surface area (Å²) >= 11 is 0. The van der Waals surface area contributed by atoms with Crippen molar-refractivity contribution in [1.29, 1.82) is 0 Å². The van der Waals surface area contributed by atoms with Crippen LogP contribution in [0.2, 0.25) is 0 Å². The van der Waals surface area contributed by atoms with Crippen LogP contribution >= 0.6 is 0 Å². The highest BCUT2D eigenvalue weighted by Gasteiger charge is 2.20. The highest BCUT2D eigenvalue weighted by Crippen LogP contribution is 2.28. The summed E-state index contributed by atoms with van der Waals surface area (Å²) in [6.07, 6.45) is 4.69. The van der Waals surface area contributed by atoms with E-state index >= 15 is 0 Å². The first-order valence-electron chi connectivity index (χ1n) is 5.36. The van der Waals surface area contributed by atoms with Gasteiger partial charge in [0.2, 0.25) is 0 Å². The molecule has 14 heavy (non-hydrogen) atoms. The molecule has 78 valence electrons. The smallest absolute Gasteiger partial charge is 0.0591 e. The van der Waals surface area contributed by atoms with Gasteiger partial charge in [-0.1, -0.05) is 0 Å². The van der Waals surface area contributed by atoms with E-state index < -0.39 is 0 Å². The fourth-order valence-electron chi connectivity index (χ4n) is 1.38. The third-order valence-corrected chi connectivity index (χ3v) is 2.45. The number of rotatable bonds is 7. The second kappa shape index (κ2) is 5.17. The maximum Gasteiger partial charge on any atom is 0.0591 e. The highest BCUT2D eigenvalue weighted by molar-refractivity contribution is 5.02. The molecule has 0 bridgehead atoms. The highest BCUT2D eigenvalue weighted by atomic mass is 16.5. The zero-order valence-electron chi connectivity index (χ0n) is 8.46. The Labute approximate surface area is 84.9 Å². The Morgan fingerprint density at radius 1 is 1.50 bits per heavy atom. The zero-order valence-corrected chi connectivity index (χ0v) is 8.46. The third-order valence-electron chi connectivity index (χ3n) is 2.45. The average Bonchev–Trinajstić information content (AvgIpc) is 2.87. The van der Waals surface area contributed by atoms with E-state index in [1.165, 1.54) is 18.5 Å². The Hall–Kier alpha value is -0.800. The van der Waals surface area contributed by atoms with Crippen LogP contribution in [-0.4, -0.2) is 24.7 Å². The van der Waals surface area contributed by atoms with Crippen LogP contribution in [0, 0.1) is 5.92 Å². The number of aromatic amines is 1. The van der Waals surface area contributed by atoms with Crippen LogP contribution in [-0.2, 0) is 11.3 Å². The van der Waals surface area contributed by atoms with Crippen molar-refractivity contribution in [2.24, 2.45) is 5.92 Å². The summed E-state index contributed by atoms with van der Waals surface area (Å²) in [6, 6.07) is 4.10. The summed E-state index contributed by atoms with van der Waals surface area (Å²) in [6.45, 7) is 3.63. The molecule has 0 atom stereocenters. The van der Waals surface area contributed by atoms with Crippen LogP contribution in [0.1, 0.15) is 18.5 Å². The van der Waals surface area contributed by atoms with Crippen LogP contribution in [0.5, 0.6) is 0 Å². The molecule has 0 radical (unpaired) electrons. The molecule has 0 aliphatic heterocycles. The van der Waals surface area contributed by atoms with Gasteiger partial charge in [-0.05, 0) is 30.9 Å². The lowest BCUT2D eigenvalue weighted by atomic mass is 10.4. The van der Waals surface area contributed by atoms with Gasteiger partial charge in [0.05, 0.1) is 6.61 Å². The minimum Gasteiger partial charge on any atom is -0.380 e. The number of hydrogen-bond acceptors (Lipinski definition) is 2. The normalized spacial score (nSPS) is 16.0. The lowest BCUT2D eigenvalue weighted by Crippen LogP contribution is -2.19. The van der Waals surface area contributed by atoms with E-state index in [4.69, 9.17) is 4.74 Å². The van der Waals surface area contributed by atoms with E-state index in [0.717, 1.165) is 32.2 Å². The molecule has 2 N–H and O–H groups in total. The number of H-pyrrole nitrogens is 1. The molecule has 2 rings (SSSR count). The molecular formula is C11H18N2O. The van der Waals surface area contributed by atoms with Crippen molar-refractivity contribution in [3.63, 3.8) is 0 Å². The van der Waals surface area contributed by atoms with Crippen molar-refractivity contribution in [1.82, 2.24) is 10.3 Å². The van der Waals surface area contributed by atoms with Crippen molar-refractivity contribution in [2.45, 2.75) is 19.4 Å². The van der Waals surface area contributed by atoms with Gasteiger partial charge in [-0.2, -0.15) is 0 Å². The molecule has 0 amide bonds. The van der Waals surface area contributed by atoms with Crippen LogP contribution < -0.4 is 5.32 Å². The van der Waals surface area contributed by atoms with Gasteiger partial charge in [-0.25, -0.2) is 0 Å². The Morgan fingerprint density at radius 2 is 2.43 bits per heavy atom. The van der Waals surface area contributed by atoms with Crippen LogP contribution in [0.25, 0.3) is 0 Å². The molecule has 1 aromatic rings. The quantitative estimate of drug-likeness (QED) is 0.646. The summed E-state index contributed by atoms with van der Waals surface area (Å²) < 4.78 is 5.50. The minimum absolute atomic E-state index is 0.831. The Bertz CT molecular complexity index is 242. The number of hydrogen-bond donors (Lipinski definition) is 2. The van der Waals surface area contributed by atoms with Gasteiger partial charge in [0.1, 0.15) is 0 Å². The molecule has 1 fully saturated rings. The SMILES string of the molecule is c1c[nH]c(CNCCOCC2CC2)c1. The van der Waals surface area contributed by atoms with E-state index in [9.17, 15) is 0 Å². The van der Waals surface area contributed by atoms with Crippen molar-refractivity contribution in [3.8, 4) is 0 Å². The first-order chi connectivity index (χ1) is 6.95. The van der Waals surface area contributed by atoms with Crippen molar-refractivity contribution < 1.29 is 4.74 Å². The number of ether oxygens (including phenoxy) is 1. The molecule has 1 saturated carbocycles. The van der Waals surface area contributed by atoms with Gasteiger partial charge in [-0.3, -0.25) is 0 Å². The Morgan fingerprint density at radius 3 is 3.14 bits per heavy atom. The van der Waals surface area contributed by atoms with Gasteiger partial charge in [-0.15, -0.1) is 0 Å². The predicted molar refractivity (Wildman–Crippen MR) is 56.0 cm³/mol. The van der Waals surface area contributed by atoms with Crippen LogP contribution in [0.15, 0.2) is 18.3 Å². The summed E-state index contributed by atoms with van der Waals surface area (Å²) in [7, 11) is 0. The first-order valence-corrected chi connectivity index (χ1v) is 5.36. The summed E-state index contributed by atoms with van der Waals surface area (Å²) in [5.74, 6) is 0.874. The maximum absolute atomic E-state index is 5.50. The van der Waals surface area contributed by atoms with E-state index in [1.54, 1.807) is 0 Å². The summed E-state index contributed by atoms with van der Waals surface area (Å²) in [5, 5.41) is 3.33. The standard InChI is InChI=1S/C11H18N2O/c1-2-11(13-5-1)8-12-6-7-14-9-10-3-4-10/h1-2,5,10,12-13H,3-4,6-9H2. The average molecular weight is 194 g/mol. The molecule has 1 aromatic heterocycles.